The predicted octanol–water partition coefficient (Wildman–Crippen LogP) is 2.78. The van der Waals surface area contributed by atoms with Gasteiger partial charge in [0.2, 0.25) is 0 Å². The summed E-state index contributed by atoms with van der Waals surface area (Å²) < 4.78 is 4.04. The molecule has 1 N–H and O–H groups in total. The van der Waals surface area contributed by atoms with Crippen LogP contribution in [0, 0.1) is 0 Å². The number of nitrogens with one attached hydrogen (secondary N) is 1. The van der Waals surface area contributed by atoms with Crippen LogP contribution in [0.2, 0.25) is 0 Å². The van der Waals surface area contributed by atoms with Crippen molar-refractivity contribution < 1.29 is 0 Å². The smallest absolute Gasteiger partial charge is 0.0762 e. The van der Waals surface area contributed by atoms with E-state index in [9.17, 15) is 0 Å². The van der Waals surface area contributed by atoms with Crippen molar-refractivity contribution in [1.29, 1.82) is 0 Å². The monoisotopic (exact) mass is 297 g/mol. The van der Waals surface area contributed by atoms with E-state index in [1.807, 2.05) is 21.8 Å². The lowest BCUT2D eigenvalue weighted by molar-refractivity contribution is 0.493. The van der Waals surface area contributed by atoms with Gasteiger partial charge in [0.1, 0.15) is 0 Å². The van der Waals surface area contributed by atoms with Gasteiger partial charge in [-0.25, -0.2) is 0 Å². The van der Waals surface area contributed by atoms with E-state index in [4.69, 9.17) is 0 Å². The molecule has 2 rings (SSSR count). The second kappa shape index (κ2) is 8.07. The van der Waals surface area contributed by atoms with Crippen LogP contribution in [0.4, 0.5) is 0 Å². The van der Waals surface area contributed by atoms with Gasteiger partial charge in [0, 0.05) is 38.1 Å². The Hall–Kier alpha value is -1.33. The van der Waals surface area contributed by atoms with Crippen LogP contribution >= 0.6 is 12.4 Å². The average Bonchev–Trinajstić information content (AvgIpc) is 2.99. The van der Waals surface area contributed by atoms with E-state index >= 15 is 0 Å². The molecule has 0 saturated carbocycles. The SMILES string of the molecule is CCCn1ccc(CNCc2ccnn2C(C)C)n1.Cl. The average molecular weight is 298 g/mol. The fraction of sp³-hybridized carbons (Fsp3) is 0.571. The lowest BCUT2D eigenvalue weighted by Gasteiger charge is -2.11. The second-order valence-corrected chi connectivity index (χ2v) is 5.03. The van der Waals surface area contributed by atoms with E-state index in [1.54, 1.807) is 0 Å². The van der Waals surface area contributed by atoms with Crippen molar-refractivity contribution in [2.24, 2.45) is 0 Å². The molecule has 2 aromatic heterocycles. The van der Waals surface area contributed by atoms with E-state index in [2.05, 4.69) is 48.4 Å². The van der Waals surface area contributed by atoms with Crippen molar-refractivity contribution in [2.45, 2.75) is 52.9 Å². The van der Waals surface area contributed by atoms with Gasteiger partial charge in [0.25, 0.3) is 0 Å². The van der Waals surface area contributed by atoms with Crippen molar-refractivity contribution in [3.63, 3.8) is 0 Å². The van der Waals surface area contributed by atoms with Crippen LogP contribution in [0.15, 0.2) is 24.5 Å². The van der Waals surface area contributed by atoms with Gasteiger partial charge in [-0.3, -0.25) is 9.36 Å². The summed E-state index contributed by atoms with van der Waals surface area (Å²) in [7, 11) is 0. The number of aromatic nitrogens is 4. The molecule has 2 heterocycles. The highest BCUT2D eigenvalue weighted by Crippen LogP contribution is 2.07. The first-order chi connectivity index (χ1) is 9.20. The van der Waals surface area contributed by atoms with Crippen molar-refractivity contribution in [3.8, 4) is 0 Å². The predicted molar refractivity (Wildman–Crippen MR) is 82.9 cm³/mol. The summed E-state index contributed by atoms with van der Waals surface area (Å²) in [5.74, 6) is 0. The Bertz CT molecular complexity index is 503. The Morgan fingerprint density at radius 1 is 1.25 bits per heavy atom. The van der Waals surface area contributed by atoms with Crippen LogP contribution in [0.25, 0.3) is 0 Å². The molecule has 2 aromatic rings. The van der Waals surface area contributed by atoms with E-state index in [0.29, 0.717) is 6.04 Å². The summed E-state index contributed by atoms with van der Waals surface area (Å²) in [6.45, 7) is 9.04. The zero-order valence-corrected chi connectivity index (χ0v) is 13.2. The number of hydrogen-bond acceptors (Lipinski definition) is 3. The van der Waals surface area contributed by atoms with E-state index in [0.717, 1.165) is 31.7 Å². The molecular weight excluding hydrogens is 274 g/mol. The molecule has 0 aliphatic rings. The highest BCUT2D eigenvalue weighted by Gasteiger charge is 2.05. The standard InChI is InChI=1S/C14H23N5.ClH/c1-4-8-18-9-6-13(17-18)10-15-11-14-5-7-16-19(14)12(2)3;/h5-7,9,12,15H,4,8,10-11H2,1-3H3;1H. The summed E-state index contributed by atoms with van der Waals surface area (Å²) in [6.07, 6.45) is 5.01. The number of aryl methyl sites for hydroxylation is 1. The fourth-order valence-electron chi connectivity index (χ4n) is 2.12. The minimum absolute atomic E-state index is 0. The van der Waals surface area contributed by atoms with Crippen LogP contribution in [0.3, 0.4) is 0 Å². The highest BCUT2D eigenvalue weighted by atomic mass is 35.5. The van der Waals surface area contributed by atoms with Crippen LogP contribution in [-0.2, 0) is 19.6 Å². The molecule has 0 amide bonds. The lowest BCUT2D eigenvalue weighted by atomic mass is 10.3. The lowest BCUT2D eigenvalue weighted by Crippen LogP contribution is -2.17. The maximum atomic E-state index is 4.51. The normalized spacial score (nSPS) is 10.8. The third kappa shape index (κ3) is 4.35. The first-order valence-corrected chi connectivity index (χ1v) is 6.96. The summed E-state index contributed by atoms with van der Waals surface area (Å²) in [5, 5.41) is 12.3. The molecule has 6 heteroatoms. The molecule has 0 aromatic carbocycles. The van der Waals surface area contributed by atoms with Gasteiger partial charge in [-0.1, -0.05) is 6.92 Å². The third-order valence-corrected chi connectivity index (χ3v) is 3.00. The molecule has 0 spiro atoms. The van der Waals surface area contributed by atoms with Gasteiger partial charge < -0.3 is 5.32 Å². The van der Waals surface area contributed by atoms with Crippen molar-refractivity contribution in [2.75, 3.05) is 0 Å². The molecule has 0 radical (unpaired) electrons. The first kappa shape index (κ1) is 16.7. The molecule has 0 fully saturated rings. The van der Waals surface area contributed by atoms with Gasteiger partial charge >= 0.3 is 0 Å². The number of nitrogens with zero attached hydrogens (tertiary/aromatic N) is 4. The van der Waals surface area contributed by atoms with E-state index in [-0.39, 0.29) is 12.4 Å². The Labute approximate surface area is 126 Å². The Kier molecular flexibility index (Phi) is 6.75. The van der Waals surface area contributed by atoms with Gasteiger partial charge in [0.05, 0.1) is 11.4 Å². The third-order valence-electron chi connectivity index (χ3n) is 3.00. The minimum atomic E-state index is 0. The molecule has 0 bridgehead atoms. The number of halogens is 1. The Morgan fingerprint density at radius 3 is 2.75 bits per heavy atom. The summed E-state index contributed by atoms with van der Waals surface area (Å²) in [5.41, 5.74) is 2.30. The number of hydrogen-bond donors (Lipinski definition) is 1. The fourth-order valence-corrected chi connectivity index (χ4v) is 2.12. The molecule has 0 atom stereocenters. The Balaban J connectivity index is 0.00000200. The zero-order valence-electron chi connectivity index (χ0n) is 12.4. The second-order valence-electron chi connectivity index (χ2n) is 5.03. The van der Waals surface area contributed by atoms with Gasteiger partial charge in [0.15, 0.2) is 0 Å². The van der Waals surface area contributed by atoms with Gasteiger partial charge in [-0.15, -0.1) is 12.4 Å². The van der Waals surface area contributed by atoms with Crippen LogP contribution < -0.4 is 5.32 Å². The summed E-state index contributed by atoms with van der Waals surface area (Å²) in [6, 6.07) is 4.53. The molecule has 0 unspecified atom stereocenters. The maximum Gasteiger partial charge on any atom is 0.0762 e. The summed E-state index contributed by atoms with van der Waals surface area (Å²) in [4.78, 5) is 0. The van der Waals surface area contributed by atoms with Crippen LogP contribution in [-0.4, -0.2) is 19.6 Å². The number of rotatable bonds is 7. The summed E-state index contributed by atoms with van der Waals surface area (Å²) >= 11 is 0. The quantitative estimate of drug-likeness (QED) is 0.855. The first-order valence-electron chi connectivity index (χ1n) is 6.96. The molecule has 0 aliphatic carbocycles. The van der Waals surface area contributed by atoms with Crippen molar-refractivity contribution in [3.05, 3.63) is 35.9 Å². The maximum absolute atomic E-state index is 4.51. The molecule has 5 nitrogen and oxygen atoms in total. The topological polar surface area (TPSA) is 47.7 Å². The Morgan fingerprint density at radius 2 is 2.05 bits per heavy atom. The zero-order chi connectivity index (χ0) is 13.7. The van der Waals surface area contributed by atoms with Crippen molar-refractivity contribution >= 4 is 12.4 Å². The van der Waals surface area contributed by atoms with Crippen LogP contribution in [0.5, 0.6) is 0 Å². The molecule has 0 saturated heterocycles. The van der Waals surface area contributed by atoms with Gasteiger partial charge in [-0.05, 0) is 32.4 Å². The van der Waals surface area contributed by atoms with Crippen LogP contribution in [0.1, 0.15) is 44.6 Å². The molecule has 0 aliphatic heterocycles. The van der Waals surface area contributed by atoms with Gasteiger partial charge in [-0.2, -0.15) is 10.2 Å². The molecule has 112 valence electrons. The highest BCUT2D eigenvalue weighted by molar-refractivity contribution is 5.85. The minimum Gasteiger partial charge on any atom is -0.305 e. The van der Waals surface area contributed by atoms with Crippen molar-refractivity contribution in [1.82, 2.24) is 24.9 Å². The molecule has 20 heavy (non-hydrogen) atoms. The molecular formula is C14H24ClN5. The largest absolute Gasteiger partial charge is 0.305 e. The van der Waals surface area contributed by atoms with E-state index in [1.165, 1.54) is 5.69 Å². The van der Waals surface area contributed by atoms with E-state index < -0.39 is 0 Å².